The maximum absolute atomic E-state index is 12.3. The normalized spacial score (nSPS) is 11.8. The number of rotatable bonds is 5. The zero-order valence-corrected chi connectivity index (χ0v) is 15.1. The van der Waals surface area contributed by atoms with E-state index in [0.29, 0.717) is 10.0 Å². The molecule has 0 fully saturated rings. The molecule has 3 amide bonds. The van der Waals surface area contributed by atoms with E-state index in [-0.39, 0.29) is 11.6 Å². The van der Waals surface area contributed by atoms with E-state index in [0.717, 1.165) is 5.56 Å². The van der Waals surface area contributed by atoms with Gasteiger partial charge in [-0.05, 0) is 18.1 Å². The first-order chi connectivity index (χ1) is 11.8. The third kappa shape index (κ3) is 5.01. The second-order valence-electron chi connectivity index (χ2n) is 5.47. The maximum Gasteiger partial charge on any atom is 0.358 e. The molecule has 132 valence electrons. The quantitative estimate of drug-likeness (QED) is 0.773. The van der Waals surface area contributed by atoms with Crippen molar-refractivity contribution in [2.45, 2.75) is 20.0 Å². The number of primary amides is 1. The van der Waals surface area contributed by atoms with E-state index in [9.17, 15) is 14.4 Å². The van der Waals surface area contributed by atoms with Crippen LogP contribution in [-0.4, -0.2) is 29.0 Å². The molecule has 7 nitrogen and oxygen atoms in total. The van der Waals surface area contributed by atoms with E-state index in [4.69, 9.17) is 22.1 Å². The molecule has 0 aliphatic carbocycles. The van der Waals surface area contributed by atoms with Crippen LogP contribution in [0.15, 0.2) is 29.6 Å². The number of benzene rings is 1. The highest BCUT2D eigenvalue weighted by Crippen LogP contribution is 2.26. The molecule has 0 spiro atoms. The van der Waals surface area contributed by atoms with E-state index >= 15 is 0 Å². The summed E-state index contributed by atoms with van der Waals surface area (Å²) in [5, 5.41) is 4.59. The van der Waals surface area contributed by atoms with Gasteiger partial charge in [-0.15, -0.1) is 11.3 Å². The second kappa shape index (κ2) is 8.09. The number of aromatic nitrogens is 1. The molecule has 9 heteroatoms. The van der Waals surface area contributed by atoms with Gasteiger partial charge in [0, 0.05) is 16.0 Å². The van der Waals surface area contributed by atoms with Crippen LogP contribution < -0.4 is 11.1 Å². The Bertz CT molecular complexity index is 806. The third-order valence-corrected chi connectivity index (χ3v) is 4.26. The number of thiazole rings is 1. The Morgan fingerprint density at radius 3 is 2.64 bits per heavy atom. The van der Waals surface area contributed by atoms with Gasteiger partial charge in [0.05, 0.1) is 0 Å². The van der Waals surface area contributed by atoms with Gasteiger partial charge in [0.1, 0.15) is 5.01 Å². The number of imide groups is 1. The highest BCUT2D eigenvalue weighted by molar-refractivity contribution is 7.13. The van der Waals surface area contributed by atoms with Crippen LogP contribution in [-0.2, 0) is 9.53 Å². The fraction of sp³-hybridized carbons (Fsp3) is 0.250. The van der Waals surface area contributed by atoms with Gasteiger partial charge < -0.3 is 10.5 Å². The van der Waals surface area contributed by atoms with Crippen molar-refractivity contribution in [2.75, 3.05) is 0 Å². The Morgan fingerprint density at radius 2 is 2.04 bits per heavy atom. The number of nitrogens with one attached hydrogen (secondary N) is 1. The second-order valence-corrected chi connectivity index (χ2v) is 6.77. The number of halogens is 1. The number of esters is 1. The van der Waals surface area contributed by atoms with Crippen LogP contribution >= 0.6 is 22.9 Å². The number of nitrogens with two attached hydrogens (primary N) is 1. The fourth-order valence-corrected chi connectivity index (χ4v) is 2.96. The number of carbonyl (C=O) groups is 3. The molecule has 1 aromatic heterocycles. The van der Waals surface area contributed by atoms with Gasteiger partial charge in [-0.2, -0.15) is 0 Å². The number of hydrogen-bond acceptors (Lipinski definition) is 6. The number of nitrogens with zero attached hydrogens (tertiary/aromatic N) is 1. The lowest BCUT2D eigenvalue weighted by Crippen LogP contribution is -2.45. The summed E-state index contributed by atoms with van der Waals surface area (Å²) in [7, 11) is 0. The van der Waals surface area contributed by atoms with Crippen LogP contribution in [0.4, 0.5) is 4.79 Å². The van der Waals surface area contributed by atoms with Gasteiger partial charge in [-0.3, -0.25) is 10.1 Å². The molecule has 0 saturated heterocycles. The zero-order valence-electron chi connectivity index (χ0n) is 13.5. The summed E-state index contributed by atoms with van der Waals surface area (Å²) >= 11 is 7.20. The Hall–Kier alpha value is -2.45. The maximum atomic E-state index is 12.3. The van der Waals surface area contributed by atoms with Gasteiger partial charge in [0.2, 0.25) is 0 Å². The third-order valence-electron chi connectivity index (χ3n) is 3.13. The van der Waals surface area contributed by atoms with E-state index in [1.54, 1.807) is 32.0 Å². The molecule has 1 aromatic carbocycles. The molecule has 1 atom stereocenters. The summed E-state index contributed by atoms with van der Waals surface area (Å²) in [6, 6.07) is 6.05. The number of amides is 3. The van der Waals surface area contributed by atoms with Crippen LogP contribution in [0.25, 0.3) is 10.6 Å². The Balaban J connectivity index is 2.14. The monoisotopic (exact) mass is 381 g/mol. The average molecular weight is 382 g/mol. The smallest absolute Gasteiger partial charge is 0.358 e. The van der Waals surface area contributed by atoms with Crippen molar-refractivity contribution in [1.29, 1.82) is 0 Å². The van der Waals surface area contributed by atoms with E-state index in [1.807, 2.05) is 11.4 Å². The molecule has 25 heavy (non-hydrogen) atoms. The standard InChI is InChI=1S/C16H16ClN3O4S/c1-8(2)12(13(21)20-16(18)23)24-15(22)11-7-25-14(19-11)9-4-3-5-10(17)6-9/h3-8,12H,1-2H3,(H3,18,20,21,23)/t12-/m1/s1. The lowest BCUT2D eigenvalue weighted by molar-refractivity contribution is -0.130. The molecular formula is C16H16ClN3O4S. The average Bonchev–Trinajstić information content (AvgIpc) is 3.01. The van der Waals surface area contributed by atoms with Gasteiger partial charge >= 0.3 is 12.0 Å². The van der Waals surface area contributed by atoms with Crippen LogP contribution in [0.2, 0.25) is 5.02 Å². The number of ether oxygens (including phenoxy) is 1. The van der Waals surface area contributed by atoms with Crippen molar-refractivity contribution in [3.05, 3.63) is 40.4 Å². The molecule has 0 saturated carbocycles. The molecule has 0 aliphatic heterocycles. The lowest BCUT2D eigenvalue weighted by Gasteiger charge is -2.19. The van der Waals surface area contributed by atoms with E-state index < -0.39 is 24.0 Å². The van der Waals surface area contributed by atoms with Crippen molar-refractivity contribution in [3.63, 3.8) is 0 Å². The van der Waals surface area contributed by atoms with Crippen LogP contribution in [0.3, 0.4) is 0 Å². The molecule has 2 rings (SSSR count). The van der Waals surface area contributed by atoms with Crippen molar-refractivity contribution < 1.29 is 19.1 Å². The van der Waals surface area contributed by atoms with Gasteiger partial charge in [0.15, 0.2) is 11.8 Å². The summed E-state index contributed by atoms with van der Waals surface area (Å²) in [6.07, 6.45) is -1.16. The van der Waals surface area contributed by atoms with Crippen molar-refractivity contribution in [2.24, 2.45) is 11.7 Å². The minimum Gasteiger partial charge on any atom is -0.447 e. The van der Waals surface area contributed by atoms with Crippen LogP contribution in [0, 0.1) is 5.92 Å². The SMILES string of the molecule is CC(C)[C@@H](OC(=O)c1csc(-c2cccc(Cl)c2)n1)C(=O)NC(N)=O. The van der Waals surface area contributed by atoms with Gasteiger partial charge in [0.25, 0.3) is 5.91 Å². The summed E-state index contributed by atoms with van der Waals surface area (Å²) in [4.78, 5) is 39.2. The summed E-state index contributed by atoms with van der Waals surface area (Å²) in [6.45, 7) is 3.36. The summed E-state index contributed by atoms with van der Waals surface area (Å²) in [5.74, 6) is -1.89. The minimum absolute atomic E-state index is 0.0671. The van der Waals surface area contributed by atoms with E-state index in [2.05, 4.69) is 4.98 Å². The topological polar surface area (TPSA) is 111 Å². The minimum atomic E-state index is -1.16. The Morgan fingerprint density at radius 1 is 1.32 bits per heavy atom. The van der Waals surface area contributed by atoms with Crippen LogP contribution in [0.1, 0.15) is 24.3 Å². The fourth-order valence-electron chi connectivity index (χ4n) is 1.98. The predicted octanol–water partition coefficient (Wildman–Crippen LogP) is 2.84. The number of urea groups is 1. The van der Waals surface area contributed by atoms with Gasteiger partial charge in [-0.25, -0.2) is 14.6 Å². The highest BCUT2D eigenvalue weighted by Gasteiger charge is 2.28. The first kappa shape index (κ1) is 18.9. The Kier molecular flexibility index (Phi) is 6.11. The zero-order chi connectivity index (χ0) is 18.6. The molecule has 3 N–H and O–H groups in total. The predicted molar refractivity (Wildman–Crippen MR) is 94.3 cm³/mol. The number of hydrogen-bond donors (Lipinski definition) is 2. The van der Waals surface area contributed by atoms with Gasteiger partial charge in [-0.1, -0.05) is 37.6 Å². The molecular weight excluding hydrogens is 366 g/mol. The largest absolute Gasteiger partial charge is 0.447 e. The molecule has 0 unspecified atom stereocenters. The van der Waals surface area contributed by atoms with E-state index in [1.165, 1.54) is 16.7 Å². The summed E-state index contributed by atoms with van der Waals surface area (Å²) in [5.41, 5.74) is 5.75. The first-order valence-corrected chi connectivity index (χ1v) is 8.56. The van der Waals surface area contributed by atoms with Crippen molar-refractivity contribution >= 4 is 40.8 Å². The Labute approximate surface area is 153 Å². The molecule has 0 aliphatic rings. The molecule has 0 radical (unpaired) electrons. The number of carbonyl (C=O) groups excluding carboxylic acids is 3. The molecule has 1 heterocycles. The highest BCUT2D eigenvalue weighted by atomic mass is 35.5. The molecule has 2 aromatic rings. The lowest BCUT2D eigenvalue weighted by atomic mass is 10.1. The summed E-state index contributed by atoms with van der Waals surface area (Å²) < 4.78 is 5.19. The van der Waals surface area contributed by atoms with Crippen molar-refractivity contribution in [1.82, 2.24) is 10.3 Å². The molecule has 0 bridgehead atoms. The first-order valence-electron chi connectivity index (χ1n) is 7.30. The van der Waals surface area contributed by atoms with Crippen molar-refractivity contribution in [3.8, 4) is 10.6 Å². The van der Waals surface area contributed by atoms with Crippen LogP contribution in [0.5, 0.6) is 0 Å².